The van der Waals surface area contributed by atoms with Gasteiger partial charge in [-0.1, -0.05) is 75.7 Å². The minimum Gasteiger partial charge on any atom is -0.300 e. The van der Waals surface area contributed by atoms with Crippen LogP contribution in [0.3, 0.4) is 0 Å². The van der Waals surface area contributed by atoms with E-state index < -0.39 is 29.8 Å². The molecule has 0 radical (unpaired) electrons. The van der Waals surface area contributed by atoms with Crippen LogP contribution in [0.5, 0.6) is 0 Å². The first-order valence-electron chi connectivity index (χ1n) is 9.20. The maximum Gasteiger partial charge on any atom is 0.264 e. The van der Waals surface area contributed by atoms with Crippen molar-refractivity contribution < 1.29 is 14.4 Å². The van der Waals surface area contributed by atoms with E-state index in [1.54, 1.807) is 18.2 Å². The van der Waals surface area contributed by atoms with Gasteiger partial charge in [-0.3, -0.25) is 24.2 Å². The van der Waals surface area contributed by atoms with Gasteiger partial charge in [0.05, 0.1) is 41.3 Å². The fourth-order valence-corrected chi connectivity index (χ4v) is 6.16. The van der Waals surface area contributed by atoms with Gasteiger partial charge in [0.25, 0.3) is 17.7 Å². The number of carbonyl (C=O) groups is 3. The van der Waals surface area contributed by atoms with Gasteiger partial charge in [-0.05, 0) is 29.6 Å². The van der Waals surface area contributed by atoms with E-state index in [0.717, 1.165) is 9.78 Å². The zero-order valence-electron chi connectivity index (χ0n) is 15.9. The number of hydrogen-bond donors (Lipinski definition) is 0. The lowest BCUT2D eigenvalue weighted by Gasteiger charge is -2.49. The number of nitrogens with zero attached hydrogens (tertiary/aromatic N) is 2. The fourth-order valence-electron chi connectivity index (χ4n) is 4.01. The van der Waals surface area contributed by atoms with Gasteiger partial charge in [0.15, 0.2) is 0 Å². The highest BCUT2D eigenvalue weighted by atomic mass is 35.5. The van der Waals surface area contributed by atoms with Crippen LogP contribution < -0.4 is 4.90 Å². The van der Waals surface area contributed by atoms with Gasteiger partial charge in [-0.25, -0.2) is 0 Å². The monoisotopic (exact) mass is 578 g/mol. The summed E-state index contributed by atoms with van der Waals surface area (Å²) >= 11 is 38.2. The third-order valence-electron chi connectivity index (χ3n) is 5.49. The van der Waals surface area contributed by atoms with Crippen LogP contribution in [0.1, 0.15) is 31.6 Å². The van der Waals surface area contributed by atoms with Gasteiger partial charge in [0.1, 0.15) is 12.1 Å². The third kappa shape index (κ3) is 3.31. The van der Waals surface area contributed by atoms with Crippen LogP contribution in [0.4, 0.5) is 5.69 Å². The summed E-state index contributed by atoms with van der Waals surface area (Å²) in [5, 5.41) is 1.76. The largest absolute Gasteiger partial charge is 0.300 e. The molecular weight excluding hydrogens is 573 g/mol. The fraction of sp³-hybridized carbons (Fsp3) is 0.0952. The minimum atomic E-state index is -1.13. The Morgan fingerprint density at radius 1 is 0.697 bits per heavy atom. The molecule has 5 rings (SSSR count). The molecule has 0 bridgehead atoms. The lowest BCUT2D eigenvalue weighted by molar-refractivity contribution is -0.130. The van der Waals surface area contributed by atoms with Crippen molar-refractivity contribution in [2.45, 2.75) is 12.1 Å². The van der Waals surface area contributed by atoms with E-state index in [9.17, 15) is 14.4 Å². The Hall–Kier alpha value is -1.51. The number of benzene rings is 2. The number of fused-ring (bicyclic) bond motifs is 1. The molecule has 1 aromatic heterocycles. The summed E-state index contributed by atoms with van der Waals surface area (Å²) in [7, 11) is 0. The van der Waals surface area contributed by atoms with Crippen molar-refractivity contribution in [3.8, 4) is 0 Å². The quantitative estimate of drug-likeness (QED) is 0.140. The van der Waals surface area contributed by atoms with Crippen molar-refractivity contribution in [3.05, 3.63) is 81.9 Å². The molecule has 12 heteroatoms. The van der Waals surface area contributed by atoms with E-state index >= 15 is 0 Å². The van der Waals surface area contributed by atoms with E-state index in [2.05, 4.69) is 0 Å². The van der Waals surface area contributed by atoms with E-state index in [1.807, 2.05) is 17.5 Å². The molecule has 0 spiro atoms. The number of thiophene rings is 1. The second kappa shape index (κ2) is 8.31. The van der Waals surface area contributed by atoms with Gasteiger partial charge < -0.3 is 0 Å². The van der Waals surface area contributed by atoms with Crippen LogP contribution in [0.2, 0.25) is 30.1 Å². The number of β-lactam (4-membered cyclic amide) rings is 1. The van der Waals surface area contributed by atoms with Crippen LogP contribution in [0.15, 0.2) is 35.7 Å². The first kappa shape index (κ1) is 23.2. The molecule has 33 heavy (non-hydrogen) atoms. The maximum absolute atomic E-state index is 13.4. The Bertz CT molecular complexity index is 1330. The zero-order valence-corrected chi connectivity index (χ0v) is 21.3. The molecule has 0 aliphatic carbocycles. The molecule has 2 atom stereocenters. The molecule has 168 valence electrons. The highest BCUT2D eigenvalue weighted by Gasteiger charge is 2.58. The summed E-state index contributed by atoms with van der Waals surface area (Å²) in [6.07, 6.45) is 0. The number of anilines is 1. The van der Waals surface area contributed by atoms with Crippen LogP contribution in [-0.2, 0) is 4.79 Å². The van der Waals surface area contributed by atoms with Crippen molar-refractivity contribution in [1.82, 2.24) is 4.90 Å². The molecule has 5 nitrogen and oxygen atoms in total. The summed E-state index contributed by atoms with van der Waals surface area (Å²) in [5.74, 6) is -2.02. The lowest BCUT2D eigenvalue weighted by atomic mass is 9.90. The highest BCUT2D eigenvalue weighted by Crippen LogP contribution is 2.50. The smallest absolute Gasteiger partial charge is 0.264 e. The zero-order chi connectivity index (χ0) is 23.8. The third-order valence-corrected chi connectivity index (χ3v) is 8.98. The van der Waals surface area contributed by atoms with E-state index in [4.69, 9.17) is 69.6 Å². The highest BCUT2D eigenvalue weighted by molar-refractivity contribution is 7.10. The first-order valence-corrected chi connectivity index (χ1v) is 12.3. The molecule has 3 aromatic rings. The molecule has 1 fully saturated rings. The Morgan fingerprint density at radius 2 is 1.30 bits per heavy atom. The van der Waals surface area contributed by atoms with Gasteiger partial charge in [-0.15, -0.1) is 11.3 Å². The molecule has 0 N–H and O–H groups in total. The molecule has 0 unspecified atom stereocenters. The van der Waals surface area contributed by atoms with Gasteiger partial charge in [0, 0.05) is 10.6 Å². The summed E-state index contributed by atoms with van der Waals surface area (Å²) in [4.78, 5) is 43.2. The van der Waals surface area contributed by atoms with E-state index in [-0.39, 0.29) is 36.2 Å². The number of imide groups is 1. The molecule has 2 aromatic carbocycles. The van der Waals surface area contributed by atoms with E-state index in [0.29, 0.717) is 10.7 Å². The van der Waals surface area contributed by atoms with Crippen molar-refractivity contribution in [2.24, 2.45) is 0 Å². The molecule has 0 saturated carbocycles. The van der Waals surface area contributed by atoms with Crippen molar-refractivity contribution in [2.75, 3.05) is 4.90 Å². The number of amides is 3. The number of carbonyl (C=O) groups excluding carboxylic acids is 3. The van der Waals surface area contributed by atoms with Crippen molar-refractivity contribution in [1.29, 1.82) is 0 Å². The topological polar surface area (TPSA) is 57.7 Å². The van der Waals surface area contributed by atoms with Crippen molar-refractivity contribution >= 4 is 104 Å². The maximum atomic E-state index is 13.4. The normalized spacial score (nSPS) is 19.9. The number of halogens is 6. The van der Waals surface area contributed by atoms with Crippen LogP contribution in [-0.4, -0.2) is 28.7 Å². The summed E-state index contributed by atoms with van der Waals surface area (Å²) < 4.78 is 0. The predicted molar refractivity (Wildman–Crippen MR) is 132 cm³/mol. The Kier molecular flexibility index (Phi) is 5.85. The van der Waals surface area contributed by atoms with Crippen LogP contribution in [0, 0.1) is 0 Å². The van der Waals surface area contributed by atoms with Crippen LogP contribution in [0.25, 0.3) is 0 Å². The minimum absolute atomic E-state index is 0.141. The first-order chi connectivity index (χ1) is 15.6. The second-order valence-electron chi connectivity index (χ2n) is 7.20. The second-order valence-corrected chi connectivity index (χ2v) is 10.5. The van der Waals surface area contributed by atoms with Gasteiger partial charge in [0.2, 0.25) is 0 Å². The number of rotatable bonds is 3. The van der Waals surface area contributed by atoms with Gasteiger partial charge >= 0.3 is 0 Å². The summed E-state index contributed by atoms with van der Waals surface area (Å²) in [6.45, 7) is 0. The van der Waals surface area contributed by atoms with Crippen LogP contribution >= 0.6 is 80.9 Å². The number of hydrogen-bond acceptors (Lipinski definition) is 4. The Balaban J connectivity index is 1.62. The standard InChI is InChI=1S/C21H8Cl6N2O3S/c22-8-4-3-7(6-9(8)23)28-17(10-2-1-5-33-10)18(21(28)32)29-19(30)11-12(20(29)31)14(25)16(27)15(26)13(11)24/h1-6,17-18H/t17-,18-/m1/s1. The molecule has 3 heterocycles. The van der Waals surface area contributed by atoms with E-state index in [1.165, 1.54) is 16.2 Å². The molecule has 3 amide bonds. The Labute approximate surface area is 221 Å². The molecule has 1 saturated heterocycles. The predicted octanol–water partition coefficient (Wildman–Crippen LogP) is 7.42. The molecule has 2 aliphatic heterocycles. The van der Waals surface area contributed by atoms with Crippen molar-refractivity contribution in [3.63, 3.8) is 0 Å². The molecule has 2 aliphatic rings. The summed E-state index contributed by atoms with van der Waals surface area (Å²) in [5.41, 5.74) is 0.126. The Morgan fingerprint density at radius 3 is 1.82 bits per heavy atom. The summed E-state index contributed by atoms with van der Waals surface area (Å²) in [6, 6.07) is 6.59. The average molecular weight is 581 g/mol. The SMILES string of the molecule is O=C1c2c(Cl)c(Cl)c(Cl)c(Cl)c2C(=O)N1[C@H]1C(=O)N(c2ccc(Cl)c(Cl)c2)[C@@H]1c1cccs1. The average Bonchev–Trinajstić information content (AvgIpc) is 3.39. The molecular formula is C21H8Cl6N2O3S. The van der Waals surface area contributed by atoms with Gasteiger partial charge in [-0.2, -0.15) is 0 Å². The lowest BCUT2D eigenvalue weighted by Crippen LogP contribution is -2.67.